The highest BCUT2D eigenvalue weighted by molar-refractivity contribution is 7.92. The van der Waals surface area contributed by atoms with Gasteiger partial charge in [0.1, 0.15) is 0 Å². The lowest BCUT2D eigenvalue weighted by Crippen LogP contribution is -2.16. The zero-order chi connectivity index (χ0) is 21.2. The summed E-state index contributed by atoms with van der Waals surface area (Å²) >= 11 is 6.06. The second-order valence-corrected chi connectivity index (χ2v) is 9.16. The number of anilines is 1. The molecule has 150 valence electrons. The third-order valence-electron chi connectivity index (χ3n) is 4.50. The van der Waals surface area contributed by atoms with Crippen molar-refractivity contribution < 1.29 is 13.2 Å². The number of hydrogen-bond donors (Lipinski definition) is 1. The van der Waals surface area contributed by atoms with Gasteiger partial charge in [-0.25, -0.2) is 8.42 Å². The molecule has 0 aliphatic rings. The molecule has 7 heteroatoms. The zero-order valence-corrected chi connectivity index (χ0v) is 17.9. The molecule has 0 radical (unpaired) electrons. The van der Waals surface area contributed by atoms with Crippen molar-refractivity contribution in [2.75, 3.05) is 4.72 Å². The molecule has 1 N–H and O–H groups in total. The lowest BCUT2D eigenvalue weighted by molar-refractivity contribution is 0.103. The fourth-order valence-corrected chi connectivity index (χ4v) is 4.04. The molecule has 0 amide bonds. The number of nitrogens with zero attached hydrogens (tertiary/aromatic N) is 1. The number of rotatable bonds is 6. The molecule has 0 aliphatic heterocycles. The van der Waals surface area contributed by atoms with Crippen molar-refractivity contribution >= 4 is 33.1 Å². The zero-order valence-electron chi connectivity index (χ0n) is 16.3. The van der Waals surface area contributed by atoms with Gasteiger partial charge < -0.3 is 0 Å². The van der Waals surface area contributed by atoms with Gasteiger partial charge in [0.05, 0.1) is 10.6 Å². The van der Waals surface area contributed by atoms with Crippen LogP contribution in [0.2, 0.25) is 5.02 Å². The van der Waals surface area contributed by atoms with Crippen molar-refractivity contribution in [1.82, 2.24) is 4.98 Å². The van der Waals surface area contributed by atoms with E-state index in [4.69, 9.17) is 11.6 Å². The molecule has 0 saturated carbocycles. The Balaban J connectivity index is 1.96. The topological polar surface area (TPSA) is 76.1 Å². The predicted octanol–water partition coefficient (Wildman–Crippen LogP) is 5.20. The maximum Gasteiger partial charge on any atom is 0.261 e. The number of carbonyl (C=O) groups is 1. The Hall–Kier alpha value is -2.70. The van der Waals surface area contributed by atoms with E-state index in [2.05, 4.69) is 9.71 Å². The largest absolute Gasteiger partial charge is 0.288 e. The normalized spacial score (nSPS) is 11.5. The standard InChI is InChI=1S/C22H21ClN2O3S/c1-14(2)16-6-9-19(10-7-16)29(27,28)25-21-11-8-18(23)12-20(21)22(26)17-5-4-15(3)24-13-17/h4-14,25H,1-3H3. The minimum Gasteiger partial charge on any atom is -0.288 e. The van der Waals surface area contributed by atoms with Crippen molar-refractivity contribution in [3.8, 4) is 0 Å². The molecule has 0 unspecified atom stereocenters. The number of nitrogens with one attached hydrogen (secondary N) is 1. The van der Waals surface area contributed by atoms with Crippen LogP contribution in [-0.4, -0.2) is 19.2 Å². The van der Waals surface area contributed by atoms with Crippen LogP contribution in [0.5, 0.6) is 0 Å². The summed E-state index contributed by atoms with van der Waals surface area (Å²) in [5.74, 6) is -0.0730. The molecule has 29 heavy (non-hydrogen) atoms. The van der Waals surface area contributed by atoms with Crippen LogP contribution in [0, 0.1) is 6.92 Å². The van der Waals surface area contributed by atoms with Crippen LogP contribution < -0.4 is 4.72 Å². The molecule has 0 bridgehead atoms. The highest BCUT2D eigenvalue weighted by Gasteiger charge is 2.20. The van der Waals surface area contributed by atoms with E-state index in [0.717, 1.165) is 11.3 Å². The molecule has 0 aliphatic carbocycles. The molecule has 2 aromatic carbocycles. The highest BCUT2D eigenvalue weighted by atomic mass is 35.5. The summed E-state index contributed by atoms with van der Waals surface area (Å²) < 4.78 is 28.2. The maximum absolute atomic E-state index is 12.9. The Morgan fingerprint density at radius 2 is 1.72 bits per heavy atom. The first-order valence-electron chi connectivity index (χ1n) is 9.07. The first kappa shape index (κ1) is 21.0. The number of sulfonamides is 1. The number of pyridine rings is 1. The van der Waals surface area contributed by atoms with Gasteiger partial charge in [-0.15, -0.1) is 0 Å². The number of aromatic nitrogens is 1. The van der Waals surface area contributed by atoms with Crippen LogP contribution in [-0.2, 0) is 10.0 Å². The molecule has 3 aromatic rings. The minimum atomic E-state index is -3.87. The molecule has 0 atom stereocenters. The summed E-state index contributed by atoms with van der Waals surface area (Å²) in [5, 5.41) is 0.331. The third-order valence-corrected chi connectivity index (χ3v) is 6.12. The van der Waals surface area contributed by atoms with E-state index in [0.29, 0.717) is 16.5 Å². The molecule has 5 nitrogen and oxygen atoms in total. The quantitative estimate of drug-likeness (QED) is 0.547. The number of hydrogen-bond acceptors (Lipinski definition) is 4. The maximum atomic E-state index is 12.9. The van der Waals surface area contributed by atoms with Crippen molar-refractivity contribution in [2.45, 2.75) is 31.6 Å². The lowest BCUT2D eigenvalue weighted by atomic mass is 10.0. The molecule has 0 fully saturated rings. The van der Waals surface area contributed by atoms with E-state index in [-0.39, 0.29) is 21.9 Å². The summed E-state index contributed by atoms with van der Waals surface area (Å²) in [6, 6.07) is 14.5. The van der Waals surface area contributed by atoms with E-state index in [1.807, 2.05) is 20.8 Å². The van der Waals surface area contributed by atoms with Gasteiger partial charge in [0.25, 0.3) is 10.0 Å². The Morgan fingerprint density at radius 1 is 1.03 bits per heavy atom. The fraction of sp³-hybridized carbons (Fsp3) is 0.182. The third kappa shape index (κ3) is 4.83. The van der Waals surface area contributed by atoms with Crippen LogP contribution in [0.3, 0.4) is 0 Å². The first-order chi connectivity index (χ1) is 13.7. The minimum absolute atomic E-state index is 0.118. The van der Waals surface area contributed by atoms with Crippen LogP contribution in [0.1, 0.15) is 46.9 Å². The SMILES string of the molecule is Cc1ccc(C(=O)c2cc(Cl)ccc2NS(=O)(=O)c2ccc(C(C)C)cc2)cn1. The van der Waals surface area contributed by atoms with Gasteiger partial charge in [-0.2, -0.15) is 0 Å². The molecular formula is C22H21ClN2O3S. The fourth-order valence-electron chi connectivity index (χ4n) is 2.79. The molecule has 0 saturated heterocycles. The smallest absolute Gasteiger partial charge is 0.261 e. The predicted molar refractivity (Wildman–Crippen MR) is 115 cm³/mol. The summed E-state index contributed by atoms with van der Waals surface area (Å²) in [6.07, 6.45) is 1.46. The average molecular weight is 429 g/mol. The highest BCUT2D eigenvalue weighted by Crippen LogP contribution is 2.26. The molecule has 1 aromatic heterocycles. The Bertz CT molecular complexity index is 1140. The molecule has 3 rings (SSSR count). The Morgan fingerprint density at radius 3 is 2.31 bits per heavy atom. The summed E-state index contributed by atoms with van der Waals surface area (Å²) in [7, 11) is -3.87. The van der Waals surface area contributed by atoms with E-state index < -0.39 is 10.0 Å². The summed E-state index contributed by atoms with van der Waals surface area (Å²) in [4.78, 5) is 17.2. The second kappa shape index (κ2) is 8.35. The van der Waals surface area contributed by atoms with Crippen LogP contribution in [0.4, 0.5) is 5.69 Å². The second-order valence-electron chi connectivity index (χ2n) is 7.04. The Kier molecular flexibility index (Phi) is 6.05. The molecular weight excluding hydrogens is 408 g/mol. The number of carbonyl (C=O) groups excluding carboxylic acids is 1. The molecule has 0 spiro atoms. The van der Waals surface area contributed by atoms with Crippen molar-refractivity contribution in [3.05, 3.63) is 88.2 Å². The van der Waals surface area contributed by atoms with Gasteiger partial charge in [-0.3, -0.25) is 14.5 Å². The summed E-state index contributed by atoms with van der Waals surface area (Å²) in [6.45, 7) is 5.89. The number of aryl methyl sites for hydroxylation is 1. The average Bonchev–Trinajstić information content (AvgIpc) is 2.69. The van der Waals surface area contributed by atoms with Gasteiger partial charge in [0.15, 0.2) is 5.78 Å². The van der Waals surface area contributed by atoms with E-state index in [9.17, 15) is 13.2 Å². The van der Waals surface area contributed by atoms with Gasteiger partial charge >= 0.3 is 0 Å². The number of ketones is 1. The van der Waals surface area contributed by atoms with E-state index >= 15 is 0 Å². The summed E-state index contributed by atoms with van der Waals surface area (Å²) in [5.41, 5.74) is 2.48. The van der Waals surface area contributed by atoms with Gasteiger partial charge in [-0.1, -0.05) is 37.6 Å². The number of halogens is 1. The van der Waals surface area contributed by atoms with E-state index in [1.165, 1.54) is 24.4 Å². The van der Waals surface area contributed by atoms with Crippen LogP contribution in [0.25, 0.3) is 0 Å². The Labute approximate surface area is 175 Å². The monoisotopic (exact) mass is 428 g/mol. The first-order valence-corrected chi connectivity index (χ1v) is 10.9. The van der Waals surface area contributed by atoms with Gasteiger partial charge in [-0.05, 0) is 60.9 Å². The van der Waals surface area contributed by atoms with Crippen LogP contribution in [0.15, 0.2) is 65.7 Å². The van der Waals surface area contributed by atoms with E-state index in [1.54, 1.807) is 36.4 Å². The van der Waals surface area contributed by atoms with Crippen molar-refractivity contribution in [3.63, 3.8) is 0 Å². The molecule has 1 heterocycles. The van der Waals surface area contributed by atoms with Gasteiger partial charge in [0.2, 0.25) is 0 Å². The van der Waals surface area contributed by atoms with Gasteiger partial charge in [0, 0.05) is 28.0 Å². The number of benzene rings is 2. The van der Waals surface area contributed by atoms with Crippen molar-refractivity contribution in [2.24, 2.45) is 0 Å². The van der Waals surface area contributed by atoms with Crippen molar-refractivity contribution in [1.29, 1.82) is 0 Å². The lowest BCUT2D eigenvalue weighted by Gasteiger charge is -2.13. The van der Waals surface area contributed by atoms with Crippen LogP contribution >= 0.6 is 11.6 Å².